The molecule has 0 unspecified atom stereocenters. The molecule has 0 aliphatic heterocycles. The van der Waals surface area contributed by atoms with Gasteiger partial charge in [-0.15, -0.1) is 0 Å². The van der Waals surface area contributed by atoms with Gasteiger partial charge in [-0.25, -0.2) is 18.1 Å². The van der Waals surface area contributed by atoms with Crippen molar-refractivity contribution in [2.45, 2.75) is 43.9 Å². The normalized spacial score (nSPS) is 16.0. The Morgan fingerprint density at radius 3 is 2.40 bits per heavy atom. The second kappa shape index (κ2) is 10.1. The van der Waals surface area contributed by atoms with Crippen LogP contribution < -0.4 is 15.4 Å². The number of nitrogens with one attached hydrogen (secondary N) is 3. The number of hydrogen-bond acceptors (Lipinski definition) is 3. The molecule has 1 aliphatic carbocycles. The zero-order chi connectivity index (χ0) is 21.5. The van der Waals surface area contributed by atoms with Crippen LogP contribution >= 0.6 is 0 Å². The lowest BCUT2D eigenvalue weighted by Crippen LogP contribution is -2.48. The van der Waals surface area contributed by atoms with Crippen LogP contribution in [0.5, 0.6) is 0 Å². The van der Waals surface area contributed by atoms with Gasteiger partial charge in [0, 0.05) is 18.5 Å². The zero-order valence-corrected chi connectivity index (χ0v) is 18.6. The van der Waals surface area contributed by atoms with Gasteiger partial charge in [0.2, 0.25) is 10.0 Å². The van der Waals surface area contributed by atoms with Gasteiger partial charge in [-0.05, 0) is 43.5 Å². The Morgan fingerprint density at radius 1 is 1.03 bits per heavy atom. The molecule has 0 aromatic heterocycles. The Hall–Kier alpha value is -2.38. The molecule has 1 saturated carbocycles. The molecule has 3 N–H and O–H groups in total. The van der Waals surface area contributed by atoms with Gasteiger partial charge in [-0.1, -0.05) is 61.0 Å². The lowest BCUT2D eigenvalue weighted by Gasteiger charge is -2.43. The lowest BCUT2D eigenvalue weighted by molar-refractivity contribution is 0.244. The Bertz CT molecular complexity index is 954. The highest BCUT2D eigenvalue weighted by Crippen LogP contribution is 2.43. The summed E-state index contributed by atoms with van der Waals surface area (Å²) < 4.78 is 26.0. The van der Waals surface area contributed by atoms with Crippen LogP contribution in [0.4, 0.5) is 0 Å². The highest BCUT2D eigenvalue weighted by Gasteiger charge is 2.38. The molecule has 6 nitrogen and oxygen atoms in total. The molecule has 0 amide bonds. The maximum absolute atomic E-state index is 11.8. The second-order valence-electron chi connectivity index (χ2n) is 7.83. The summed E-state index contributed by atoms with van der Waals surface area (Å²) >= 11 is 0. The zero-order valence-electron chi connectivity index (χ0n) is 17.8. The summed E-state index contributed by atoms with van der Waals surface area (Å²) in [6, 6.07) is 18.3. The van der Waals surface area contributed by atoms with Crippen LogP contribution in [-0.2, 0) is 27.7 Å². The fraction of sp³-hybridized carbons (Fsp3) is 0.435. The topological polar surface area (TPSA) is 82.6 Å². The van der Waals surface area contributed by atoms with E-state index in [1.807, 2.05) is 24.3 Å². The highest BCUT2D eigenvalue weighted by molar-refractivity contribution is 7.88. The van der Waals surface area contributed by atoms with Crippen LogP contribution in [0.15, 0.2) is 59.6 Å². The quantitative estimate of drug-likeness (QED) is 0.424. The van der Waals surface area contributed by atoms with Crippen LogP contribution in [0.1, 0.15) is 42.9 Å². The fourth-order valence-corrected chi connectivity index (χ4v) is 4.60. The van der Waals surface area contributed by atoms with E-state index in [2.05, 4.69) is 52.6 Å². The third kappa shape index (κ3) is 5.83. The molecule has 1 fully saturated rings. The first-order valence-electron chi connectivity index (χ1n) is 10.5. The Morgan fingerprint density at radius 2 is 1.77 bits per heavy atom. The third-order valence-electron chi connectivity index (χ3n) is 5.71. The van der Waals surface area contributed by atoms with Crippen molar-refractivity contribution >= 4 is 16.0 Å². The first kappa shape index (κ1) is 22.3. The van der Waals surface area contributed by atoms with Crippen LogP contribution in [0.2, 0.25) is 0 Å². The minimum Gasteiger partial charge on any atom is -0.357 e. The molecule has 0 spiro atoms. The maximum Gasteiger partial charge on any atom is 0.215 e. The molecule has 162 valence electrons. The van der Waals surface area contributed by atoms with E-state index in [9.17, 15) is 8.42 Å². The Labute approximate surface area is 180 Å². The summed E-state index contributed by atoms with van der Waals surface area (Å²) in [5, 5.41) is 6.85. The van der Waals surface area contributed by atoms with Crippen molar-refractivity contribution in [1.29, 1.82) is 0 Å². The van der Waals surface area contributed by atoms with Crippen molar-refractivity contribution in [3.8, 4) is 0 Å². The van der Waals surface area contributed by atoms with Crippen LogP contribution in [-0.4, -0.2) is 34.5 Å². The standard InChI is InChI=1S/C23H32N4O2S/c1-3-25-22(27-18-23(13-8-14-23)21-11-5-4-6-12-21)26-16-19-9-7-10-20(15-19)17-30(28,29)24-2/h4-7,9-12,15,24H,3,8,13-14,16-18H2,1-2H3,(H2,25,26,27). The predicted octanol–water partition coefficient (Wildman–Crippen LogP) is 2.91. The number of aliphatic imine (C=N–C) groups is 1. The van der Waals surface area contributed by atoms with Gasteiger partial charge in [-0.3, -0.25) is 0 Å². The molecular formula is C23H32N4O2S. The summed E-state index contributed by atoms with van der Waals surface area (Å²) in [4.78, 5) is 4.73. The predicted molar refractivity (Wildman–Crippen MR) is 123 cm³/mol. The van der Waals surface area contributed by atoms with E-state index in [4.69, 9.17) is 4.99 Å². The average Bonchev–Trinajstić information content (AvgIpc) is 2.72. The third-order valence-corrected chi connectivity index (χ3v) is 7.05. The summed E-state index contributed by atoms with van der Waals surface area (Å²) in [7, 11) is -1.85. The minimum absolute atomic E-state index is 0.0288. The van der Waals surface area contributed by atoms with Crippen molar-refractivity contribution in [3.05, 3.63) is 71.3 Å². The van der Waals surface area contributed by atoms with E-state index < -0.39 is 10.0 Å². The maximum atomic E-state index is 11.8. The largest absolute Gasteiger partial charge is 0.357 e. The number of benzene rings is 2. The molecule has 0 saturated heterocycles. The summed E-state index contributed by atoms with van der Waals surface area (Å²) in [6.45, 7) is 4.17. The van der Waals surface area contributed by atoms with Gasteiger partial charge in [0.05, 0.1) is 12.3 Å². The first-order valence-corrected chi connectivity index (χ1v) is 12.2. The van der Waals surface area contributed by atoms with Gasteiger partial charge in [0.25, 0.3) is 0 Å². The average molecular weight is 429 g/mol. The smallest absolute Gasteiger partial charge is 0.215 e. The monoisotopic (exact) mass is 428 g/mol. The summed E-state index contributed by atoms with van der Waals surface area (Å²) in [5.41, 5.74) is 3.31. The van der Waals surface area contributed by atoms with Crippen molar-refractivity contribution in [2.24, 2.45) is 4.99 Å². The summed E-state index contributed by atoms with van der Waals surface area (Å²) in [5.74, 6) is 0.756. The van der Waals surface area contributed by atoms with Gasteiger partial charge in [0.1, 0.15) is 0 Å². The Balaban J connectivity index is 1.66. The molecule has 7 heteroatoms. The van der Waals surface area contributed by atoms with Gasteiger partial charge >= 0.3 is 0 Å². The van der Waals surface area contributed by atoms with Gasteiger partial charge in [-0.2, -0.15) is 0 Å². The van der Waals surface area contributed by atoms with E-state index in [-0.39, 0.29) is 11.2 Å². The lowest BCUT2D eigenvalue weighted by atomic mass is 9.64. The molecule has 0 radical (unpaired) electrons. The first-order chi connectivity index (χ1) is 14.5. The van der Waals surface area contributed by atoms with Crippen molar-refractivity contribution in [3.63, 3.8) is 0 Å². The van der Waals surface area contributed by atoms with E-state index in [0.717, 1.165) is 30.2 Å². The number of hydrogen-bond donors (Lipinski definition) is 3. The highest BCUT2D eigenvalue weighted by atomic mass is 32.2. The molecule has 1 aliphatic rings. The molecule has 2 aromatic rings. The van der Waals surface area contributed by atoms with Gasteiger partial charge < -0.3 is 10.6 Å². The van der Waals surface area contributed by atoms with Crippen molar-refractivity contribution in [2.75, 3.05) is 20.1 Å². The molecule has 30 heavy (non-hydrogen) atoms. The molecular weight excluding hydrogens is 396 g/mol. The van der Waals surface area contributed by atoms with Gasteiger partial charge in [0.15, 0.2) is 5.96 Å². The Kier molecular flexibility index (Phi) is 7.50. The van der Waals surface area contributed by atoms with Crippen LogP contribution in [0, 0.1) is 0 Å². The number of nitrogens with zero attached hydrogens (tertiary/aromatic N) is 1. The number of guanidine groups is 1. The van der Waals surface area contributed by atoms with Crippen LogP contribution in [0.3, 0.4) is 0 Å². The second-order valence-corrected chi connectivity index (χ2v) is 9.76. The van der Waals surface area contributed by atoms with E-state index in [0.29, 0.717) is 6.54 Å². The summed E-state index contributed by atoms with van der Waals surface area (Å²) in [6.07, 6.45) is 3.63. The SMILES string of the molecule is CCNC(=NCc1cccc(CS(=O)(=O)NC)c1)NCC1(c2ccccc2)CCC1. The molecule has 0 bridgehead atoms. The molecule has 0 heterocycles. The number of sulfonamides is 1. The van der Waals surface area contributed by atoms with E-state index >= 15 is 0 Å². The fourth-order valence-electron chi connectivity index (χ4n) is 3.84. The molecule has 2 aromatic carbocycles. The van der Waals surface area contributed by atoms with E-state index in [1.165, 1.54) is 31.9 Å². The van der Waals surface area contributed by atoms with Crippen molar-refractivity contribution in [1.82, 2.24) is 15.4 Å². The van der Waals surface area contributed by atoms with E-state index in [1.54, 1.807) is 0 Å². The molecule has 0 atom stereocenters. The van der Waals surface area contributed by atoms with Crippen LogP contribution in [0.25, 0.3) is 0 Å². The van der Waals surface area contributed by atoms with Crippen molar-refractivity contribution < 1.29 is 8.42 Å². The molecule has 3 rings (SSSR count). The number of rotatable bonds is 9. The minimum atomic E-state index is -3.29.